The van der Waals surface area contributed by atoms with Gasteiger partial charge in [-0.15, -0.1) is 10.2 Å². The Hall–Kier alpha value is -2.87. The maximum absolute atomic E-state index is 12.8. The van der Waals surface area contributed by atoms with Crippen molar-refractivity contribution in [3.8, 4) is 11.4 Å². The number of hydrogen-bond acceptors (Lipinski definition) is 5. The van der Waals surface area contributed by atoms with Crippen molar-refractivity contribution in [2.24, 2.45) is 7.05 Å². The summed E-state index contributed by atoms with van der Waals surface area (Å²) in [6, 6.07) is 13.2. The number of carboxylic acids is 1. The summed E-state index contributed by atoms with van der Waals surface area (Å²) < 4.78 is 3.26. The van der Waals surface area contributed by atoms with Gasteiger partial charge in [0, 0.05) is 13.2 Å². The minimum Gasteiger partial charge on any atom is -0.480 e. The monoisotopic (exact) mass is 370 g/mol. The van der Waals surface area contributed by atoms with Crippen LogP contribution in [0, 0.1) is 0 Å². The van der Waals surface area contributed by atoms with Gasteiger partial charge in [0.1, 0.15) is 5.25 Å². The molecule has 8 heteroatoms. The quantitative estimate of drug-likeness (QED) is 0.670. The van der Waals surface area contributed by atoms with E-state index in [4.69, 9.17) is 5.11 Å². The van der Waals surface area contributed by atoms with Crippen LogP contribution >= 0.6 is 11.8 Å². The van der Waals surface area contributed by atoms with Crippen LogP contribution in [-0.2, 0) is 18.4 Å². The highest BCUT2D eigenvalue weighted by molar-refractivity contribution is 8.00. The number of benzene rings is 1. The second kappa shape index (κ2) is 7.57. The molecule has 0 spiro atoms. The van der Waals surface area contributed by atoms with Crippen molar-refractivity contribution in [2.45, 2.75) is 23.9 Å². The summed E-state index contributed by atoms with van der Waals surface area (Å²) in [6.45, 7) is 2.04. The lowest BCUT2D eigenvalue weighted by Gasteiger charge is -2.09. The van der Waals surface area contributed by atoms with E-state index in [0.717, 1.165) is 17.3 Å². The van der Waals surface area contributed by atoms with E-state index in [2.05, 4.69) is 10.2 Å². The van der Waals surface area contributed by atoms with Crippen molar-refractivity contribution in [1.29, 1.82) is 0 Å². The number of nitrogens with zero attached hydrogens (tertiary/aromatic N) is 4. The smallest absolute Gasteiger partial charge is 0.316 e. The number of aliphatic carboxylic acids is 1. The third kappa shape index (κ3) is 3.70. The van der Waals surface area contributed by atoms with Crippen LogP contribution in [0.15, 0.2) is 58.6 Å². The molecule has 26 heavy (non-hydrogen) atoms. The van der Waals surface area contributed by atoms with Gasteiger partial charge in [0.2, 0.25) is 0 Å². The van der Waals surface area contributed by atoms with Gasteiger partial charge in [-0.2, -0.15) is 0 Å². The molecule has 0 saturated carbocycles. The first-order valence-electron chi connectivity index (χ1n) is 8.00. The molecule has 1 aromatic carbocycles. The lowest BCUT2D eigenvalue weighted by molar-refractivity contribution is -0.136. The summed E-state index contributed by atoms with van der Waals surface area (Å²) in [7, 11) is 1.72. The van der Waals surface area contributed by atoms with E-state index in [1.54, 1.807) is 41.4 Å². The largest absolute Gasteiger partial charge is 0.480 e. The number of carboxylic acid groups (broad SMARTS) is 1. The van der Waals surface area contributed by atoms with Gasteiger partial charge < -0.3 is 14.2 Å². The number of carbonyl (C=O) groups is 1. The van der Waals surface area contributed by atoms with Gasteiger partial charge in [0.25, 0.3) is 5.56 Å². The molecule has 1 atom stereocenters. The summed E-state index contributed by atoms with van der Waals surface area (Å²) in [6.07, 6.45) is 1.73. The van der Waals surface area contributed by atoms with E-state index in [1.807, 2.05) is 30.3 Å². The minimum atomic E-state index is -0.926. The first-order valence-corrected chi connectivity index (χ1v) is 8.88. The molecular weight excluding hydrogens is 352 g/mol. The molecule has 1 N–H and O–H groups in total. The highest BCUT2D eigenvalue weighted by atomic mass is 32.2. The molecule has 2 heterocycles. The number of hydrogen-bond donors (Lipinski definition) is 1. The molecular formula is C18H18N4O3S. The highest BCUT2D eigenvalue weighted by Crippen LogP contribution is 2.24. The average molecular weight is 370 g/mol. The molecule has 0 aliphatic carbocycles. The van der Waals surface area contributed by atoms with E-state index in [0.29, 0.717) is 23.1 Å². The zero-order chi connectivity index (χ0) is 18.7. The normalized spacial score (nSPS) is 12.1. The fourth-order valence-corrected chi connectivity index (χ4v) is 3.22. The summed E-state index contributed by atoms with van der Waals surface area (Å²) >= 11 is 1.09. The van der Waals surface area contributed by atoms with Gasteiger partial charge >= 0.3 is 5.97 Å². The third-order valence-corrected chi connectivity index (χ3v) is 5.04. The van der Waals surface area contributed by atoms with Gasteiger partial charge in [0.15, 0.2) is 11.0 Å². The second-order valence-corrected chi connectivity index (χ2v) is 7.11. The molecule has 2 aromatic heterocycles. The number of pyridine rings is 1. The van der Waals surface area contributed by atoms with Crippen LogP contribution in [0.5, 0.6) is 0 Å². The zero-order valence-corrected chi connectivity index (χ0v) is 15.2. The Morgan fingerprint density at radius 1 is 1.19 bits per heavy atom. The Bertz CT molecular complexity index is 982. The summed E-state index contributed by atoms with van der Waals surface area (Å²) in [5.74, 6) is -0.512. The Balaban J connectivity index is 1.93. The summed E-state index contributed by atoms with van der Waals surface area (Å²) in [4.78, 5) is 23.9. The predicted molar refractivity (Wildman–Crippen MR) is 99.2 cm³/mol. The Kier molecular flexibility index (Phi) is 5.22. The van der Waals surface area contributed by atoms with Crippen molar-refractivity contribution in [3.05, 3.63) is 64.6 Å². The molecule has 0 amide bonds. The molecule has 0 aliphatic rings. The van der Waals surface area contributed by atoms with Crippen molar-refractivity contribution in [3.63, 3.8) is 0 Å². The number of thioether (sulfide) groups is 1. The lowest BCUT2D eigenvalue weighted by Crippen LogP contribution is -2.22. The maximum Gasteiger partial charge on any atom is 0.316 e. The van der Waals surface area contributed by atoms with Crippen LogP contribution in [0.4, 0.5) is 0 Å². The Labute approximate surface area is 154 Å². The fourth-order valence-electron chi connectivity index (χ4n) is 2.47. The molecule has 0 bridgehead atoms. The third-order valence-electron chi connectivity index (χ3n) is 3.92. The van der Waals surface area contributed by atoms with Crippen molar-refractivity contribution >= 4 is 17.7 Å². The van der Waals surface area contributed by atoms with Crippen LogP contribution in [0.3, 0.4) is 0 Å². The fraction of sp³-hybridized carbons (Fsp3) is 0.222. The van der Waals surface area contributed by atoms with E-state index < -0.39 is 11.2 Å². The van der Waals surface area contributed by atoms with Crippen molar-refractivity contribution in [2.75, 3.05) is 0 Å². The maximum atomic E-state index is 12.8. The number of aromatic nitrogens is 4. The Morgan fingerprint density at radius 2 is 1.92 bits per heavy atom. The molecule has 0 saturated heterocycles. The first-order chi connectivity index (χ1) is 12.5. The predicted octanol–water partition coefficient (Wildman–Crippen LogP) is 2.26. The molecule has 3 rings (SSSR count). The van der Waals surface area contributed by atoms with Crippen LogP contribution in [0.25, 0.3) is 11.4 Å². The molecule has 0 fully saturated rings. The van der Waals surface area contributed by atoms with Crippen molar-refractivity contribution < 1.29 is 9.90 Å². The Morgan fingerprint density at radius 3 is 2.62 bits per heavy atom. The van der Waals surface area contributed by atoms with Gasteiger partial charge in [-0.3, -0.25) is 9.59 Å². The number of rotatable bonds is 6. The van der Waals surface area contributed by atoms with Gasteiger partial charge in [-0.25, -0.2) is 0 Å². The van der Waals surface area contributed by atoms with Gasteiger partial charge in [-0.1, -0.05) is 42.1 Å². The molecule has 0 radical (unpaired) electrons. The topological polar surface area (TPSA) is 90.0 Å². The first kappa shape index (κ1) is 17.9. The van der Waals surface area contributed by atoms with Gasteiger partial charge in [-0.05, 0) is 24.6 Å². The minimum absolute atomic E-state index is 0.172. The van der Waals surface area contributed by atoms with Crippen LogP contribution in [0.2, 0.25) is 0 Å². The molecule has 0 unspecified atom stereocenters. The zero-order valence-electron chi connectivity index (χ0n) is 14.4. The molecule has 0 aliphatic heterocycles. The summed E-state index contributed by atoms with van der Waals surface area (Å²) in [5, 5.41) is 17.0. The van der Waals surface area contributed by atoms with Crippen LogP contribution in [-0.4, -0.2) is 35.7 Å². The molecule has 3 aromatic rings. The average Bonchev–Trinajstić information content (AvgIpc) is 2.98. The van der Waals surface area contributed by atoms with Crippen molar-refractivity contribution in [1.82, 2.24) is 19.3 Å². The van der Waals surface area contributed by atoms with Gasteiger partial charge in [0.05, 0.1) is 12.1 Å². The SMILES string of the molecule is C[C@@H](Sc1nnc(-c2cccn(Cc3ccccc3)c2=O)n1C)C(=O)O. The summed E-state index contributed by atoms with van der Waals surface area (Å²) in [5.41, 5.74) is 1.28. The van der Waals surface area contributed by atoms with Crippen LogP contribution < -0.4 is 5.56 Å². The standard InChI is InChI=1S/C18H18N4O3S/c1-12(17(24)25)26-18-20-19-15(21(18)2)14-9-6-10-22(16(14)23)11-13-7-4-3-5-8-13/h3-10,12H,11H2,1-2H3,(H,24,25)/t12-/m1/s1. The van der Waals surface area contributed by atoms with E-state index in [9.17, 15) is 9.59 Å². The molecule has 134 valence electrons. The van der Waals surface area contributed by atoms with Crippen LogP contribution in [0.1, 0.15) is 12.5 Å². The highest BCUT2D eigenvalue weighted by Gasteiger charge is 2.20. The lowest BCUT2D eigenvalue weighted by atomic mass is 10.2. The molecule has 7 nitrogen and oxygen atoms in total. The van der Waals surface area contributed by atoms with E-state index in [1.165, 1.54) is 0 Å². The van der Waals surface area contributed by atoms with E-state index >= 15 is 0 Å². The van der Waals surface area contributed by atoms with E-state index in [-0.39, 0.29) is 5.56 Å². The second-order valence-electron chi connectivity index (χ2n) is 5.80.